The quantitative estimate of drug-likeness (QED) is 0.173. The van der Waals surface area contributed by atoms with Gasteiger partial charge in [-0.25, -0.2) is 0 Å². The zero-order valence-electron chi connectivity index (χ0n) is 27.3. The van der Waals surface area contributed by atoms with Crippen molar-refractivity contribution in [3.63, 3.8) is 0 Å². The molecular formula is C46H28N2S3. The fraction of sp³-hybridized carbons (Fsp3) is 0. The van der Waals surface area contributed by atoms with Crippen molar-refractivity contribution in [2.24, 2.45) is 0 Å². The maximum Gasteiger partial charge on any atom is 0.108 e. The number of fused-ring (bicyclic) bond motifs is 9. The molecule has 4 aromatic heterocycles. The highest BCUT2D eigenvalue weighted by molar-refractivity contribution is 7.26. The van der Waals surface area contributed by atoms with Crippen LogP contribution in [-0.2, 0) is 0 Å². The summed E-state index contributed by atoms with van der Waals surface area (Å²) in [6.45, 7) is 0. The molecule has 0 radical (unpaired) electrons. The highest BCUT2D eigenvalue weighted by Gasteiger charge is 2.18. The molecule has 0 aliphatic carbocycles. The number of benzene rings is 7. The molecule has 0 saturated heterocycles. The third kappa shape index (κ3) is 4.66. The number of hydrogen-bond donors (Lipinski definition) is 0. The van der Waals surface area contributed by atoms with Gasteiger partial charge in [-0.2, -0.15) is 0 Å². The molecule has 7 aromatic carbocycles. The number of hydrogen-bond acceptors (Lipinski definition) is 4. The molecule has 0 unspecified atom stereocenters. The van der Waals surface area contributed by atoms with Gasteiger partial charge in [0, 0.05) is 84.8 Å². The van der Waals surface area contributed by atoms with Crippen molar-refractivity contribution in [2.75, 3.05) is 4.90 Å². The molecule has 0 bridgehead atoms. The lowest BCUT2D eigenvalue weighted by Crippen LogP contribution is -2.09. The Hall–Kier alpha value is -5.72. The normalized spacial score (nSPS) is 11.9. The Morgan fingerprint density at radius 2 is 0.922 bits per heavy atom. The van der Waals surface area contributed by atoms with Crippen LogP contribution in [0, 0.1) is 0 Å². The first-order valence-corrected chi connectivity index (χ1v) is 19.5. The fourth-order valence-electron chi connectivity index (χ4n) is 7.59. The van der Waals surface area contributed by atoms with Crippen LogP contribution in [0.25, 0.3) is 77.5 Å². The summed E-state index contributed by atoms with van der Waals surface area (Å²) in [5, 5.41) is 7.86. The Morgan fingerprint density at radius 1 is 0.353 bits per heavy atom. The molecular weight excluding hydrogens is 677 g/mol. The lowest BCUT2D eigenvalue weighted by molar-refractivity contribution is 1.15. The standard InChI is InChI=1S/C46H28N2S3/c1-2-8-29(9-3-1)30-14-16-31(17-15-30)48(33-20-23-43-40(26-33)36-11-5-6-12-41(36)49-43)34-19-22-38-37-21-18-32(27-44(37)50-45(38)28-34)47-25-24-39-35-10-4-7-13-42(35)51-46(39)47/h1-28H. The SMILES string of the molecule is c1ccc(-c2ccc(N(c3ccc4c(c3)sc3cc(-n5ccc6c7ccccc7sc65)ccc34)c3ccc4sc5ccccc5c4c3)cc2)cc1. The number of anilines is 3. The minimum Gasteiger partial charge on any atom is -0.310 e. The van der Waals surface area contributed by atoms with E-state index in [-0.39, 0.29) is 0 Å². The first kappa shape index (κ1) is 29.1. The second-order valence-electron chi connectivity index (χ2n) is 13.0. The molecule has 51 heavy (non-hydrogen) atoms. The lowest BCUT2D eigenvalue weighted by Gasteiger charge is -2.26. The fourth-order valence-corrected chi connectivity index (χ4v) is 11.0. The number of nitrogens with zero attached hydrogens (tertiary/aromatic N) is 2. The minimum atomic E-state index is 1.14. The van der Waals surface area contributed by atoms with Crippen molar-refractivity contribution in [1.29, 1.82) is 0 Å². The van der Waals surface area contributed by atoms with Gasteiger partial charge in [0.25, 0.3) is 0 Å². The second kappa shape index (κ2) is 11.4. The van der Waals surface area contributed by atoms with Crippen molar-refractivity contribution in [2.45, 2.75) is 0 Å². The van der Waals surface area contributed by atoms with Crippen LogP contribution in [-0.4, -0.2) is 4.57 Å². The average molecular weight is 705 g/mol. The third-order valence-electron chi connectivity index (χ3n) is 10.1. The molecule has 11 aromatic rings. The van der Waals surface area contributed by atoms with E-state index in [9.17, 15) is 0 Å². The van der Waals surface area contributed by atoms with Crippen LogP contribution in [0.3, 0.4) is 0 Å². The van der Waals surface area contributed by atoms with Crippen molar-refractivity contribution in [1.82, 2.24) is 4.57 Å². The molecule has 0 N–H and O–H groups in total. The predicted molar refractivity (Wildman–Crippen MR) is 225 cm³/mol. The summed E-state index contributed by atoms with van der Waals surface area (Å²) in [5.74, 6) is 0. The van der Waals surface area contributed by atoms with Gasteiger partial charge in [-0.15, -0.1) is 34.0 Å². The van der Waals surface area contributed by atoms with Crippen molar-refractivity contribution in [3.05, 3.63) is 170 Å². The molecule has 0 aliphatic heterocycles. The van der Waals surface area contributed by atoms with E-state index in [4.69, 9.17) is 0 Å². The van der Waals surface area contributed by atoms with E-state index in [0.29, 0.717) is 0 Å². The maximum atomic E-state index is 2.41. The van der Waals surface area contributed by atoms with Gasteiger partial charge in [-0.1, -0.05) is 91.0 Å². The van der Waals surface area contributed by atoms with E-state index in [0.717, 1.165) is 17.1 Å². The topological polar surface area (TPSA) is 8.17 Å². The van der Waals surface area contributed by atoms with Crippen LogP contribution < -0.4 is 4.90 Å². The van der Waals surface area contributed by atoms with Crippen LogP contribution >= 0.6 is 34.0 Å². The Morgan fingerprint density at radius 3 is 1.75 bits per heavy atom. The largest absolute Gasteiger partial charge is 0.310 e. The summed E-state index contributed by atoms with van der Waals surface area (Å²) in [7, 11) is 0. The molecule has 0 spiro atoms. The van der Waals surface area contributed by atoms with E-state index in [1.54, 1.807) is 0 Å². The van der Waals surface area contributed by atoms with Gasteiger partial charge in [-0.05, 0) is 83.9 Å². The predicted octanol–water partition coefficient (Wildman–Crippen LogP) is 14.7. The van der Waals surface area contributed by atoms with E-state index < -0.39 is 0 Å². The Balaban J connectivity index is 1.05. The van der Waals surface area contributed by atoms with Crippen LogP contribution in [0.4, 0.5) is 17.1 Å². The Labute approximate surface area is 306 Å². The molecule has 0 fully saturated rings. The lowest BCUT2D eigenvalue weighted by atomic mass is 10.0. The molecule has 240 valence electrons. The molecule has 0 aliphatic rings. The summed E-state index contributed by atoms with van der Waals surface area (Å²) < 4.78 is 8.89. The van der Waals surface area contributed by atoms with E-state index in [2.05, 4.69) is 179 Å². The van der Waals surface area contributed by atoms with Gasteiger partial charge >= 0.3 is 0 Å². The summed E-state index contributed by atoms with van der Waals surface area (Å²) >= 11 is 5.60. The molecule has 2 nitrogen and oxygen atoms in total. The Kier molecular flexibility index (Phi) is 6.50. The van der Waals surface area contributed by atoms with Crippen LogP contribution in [0.5, 0.6) is 0 Å². The van der Waals surface area contributed by atoms with E-state index in [1.165, 1.54) is 77.5 Å². The van der Waals surface area contributed by atoms with Gasteiger partial charge in [0.15, 0.2) is 0 Å². The average Bonchev–Trinajstić information content (AvgIpc) is 3.95. The first-order valence-electron chi connectivity index (χ1n) is 17.1. The number of aromatic nitrogens is 1. The second-order valence-corrected chi connectivity index (χ2v) is 16.2. The molecule has 0 saturated carbocycles. The van der Waals surface area contributed by atoms with Crippen molar-refractivity contribution >= 4 is 112 Å². The van der Waals surface area contributed by atoms with Crippen molar-refractivity contribution < 1.29 is 0 Å². The minimum absolute atomic E-state index is 1.14. The van der Waals surface area contributed by atoms with Crippen LogP contribution in [0.2, 0.25) is 0 Å². The van der Waals surface area contributed by atoms with Gasteiger partial charge in [0.2, 0.25) is 0 Å². The van der Waals surface area contributed by atoms with Gasteiger partial charge < -0.3 is 9.47 Å². The van der Waals surface area contributed by atoms with E-state index in [1.807, 2.05) is 34.0 Å². The van der Waals surface area contributed by atoms with E-state index >= 15 is 0 Å². The number of thiophene rings is 3. The first-order chi connectivity index (χ1) is 25.2. The van der Waals surface area contributed by atoms with Gasteiger partial charge in [-0.3, -0.25) is 0 Å². The van der Waals surface area contributed by atoms with Gasteiger partial charge in [0.05, 0.1) is 0 Å². The monoisotopic (exact) mass is 704 g/mol. The zero-order chi connectivity index (χ0) is 33.5. The molecule has 5 heteroatoms. The maximum absolute atomic E-state index is 2.41. The highest BCUT2D eigenvalue weighted by atomic mass is 32.1. The summed E-state index contributed by atoms with van der Waals surface area (Å²) in [5.41, 5.74) is 7.08. The highest BCUT2D eigenvalue weighted by Crippen LogP contribution is 2.44. The zero-order valence-corrected chi connectivity index (χ0v) is 29.7. The molecule has 0 atom stereocenters. The molecule has 4 heterocycles. The summed E-state index contributed by atoms with van der Waals surface area (Å²) in [6.07, 6.45) is 2.22. The van der Waals surface area contributed by atoms with Crippen molar-refractivity contribution in [3.8, 4) is 16.8 Å². The van der Waals surface area contributed by atoms with Crippen LogP contribution in [0.1, 0.15) is 0 Å². The Bertz CT molecular complexity index is 3090. The van der Waals surface area contributed by atoms with Gasteiger partial charge in [0.1, 0.15) is 4.83 Å². The smallest absolute Gasteiger partial charge is 0.108 e. The van der Waals surface area contributed by atoms with Crippen LogP contribution in [0.15, 0.2) is 170 Å². The third-order valence-corrected chi connectivity index (χ3v) is 13.5. The number of rotatable bonds is 5. The summed E-state index contributed by atoms with van der Waals surface area (Å²) in [4.78, 5) is 3.71. The summed E-state index contributed by atoms with van der Waals surface area (Å²) in [6, 6.07) is 60.1. The molecule has 0 amide bonds. The molecule has 11 rings (SSSR count).